The van der Waals surface area contributed by atoms with Crippen LogP contribution in [-0.4, -0.2) is 4.98 Å². The molecule has 1 aromatic heterocycles. The molecule has 0 amide bonds. The van der Waals surface area contributed by atoms with Gasteiger partial charge in [0.2, 0.25) is 0 Å². The molecule has 0 radical (unpaired) electrons. The van der Waals surface area contributed by atoms with Gasteiger partial charge in [-0.25, -0.2) is 4.98 Å². The van der Waals surface area contributed by atoms with E-state index in [0.29, 0.717) is 0 Å². The topological polar surface area (TPSA) is 12.9 Å². The van der Waals surface area contributed by atoms with Gasteiger partial charge in [-0.2, -0.15) is 0 Å². The summed E-state index contributed by atoms with van der Waals surface area (Å²) in [6.45, 7) is 6.30. The first-order valence-electron chi connectivity index (χ1n) is 4.01. The van der Waals surface area contributed by atoms with Crippen molar-refractivity contribution < 1.29 is 0 Å². The van der Waals surface area contributed by atoms with Crippen LogP contribution in [0.3, 0.4) is 0 Å². The molecule has 0 atom stereocenters. The molecule has 1 nitrogen and oxygen atoms in total. The first-order valence-corrected chi connectivity index (χ1v) is 4.83. The zero-order chi connectivity index (χ0) is 8.72. The summed E-state index contributed by atoms with van der Waals surface area (Å²) < 4.78 is 1.31. The number of hydrogen-bond donors (Lipinski definition) is 0. The lowest BCUT2D eigenvalue weighted by Gasteiger charge is -1.95. The number of aromatic nitrogens is 1. The Morgan fingerprint density at radius 2 is 1.92 bits per heavy atom. The van der Waals surface area contributed by atoms with Crippen molar-refractivity contribution in [3.8, 4) is 0 Å². The average Bonchev–Trinajstić information content (AvgIpc) is 2.29. The number of aryl methyl sites for hydroxylation is 3. The molecule has 0 unspecified atom stereocenters. The summed E-state index contributed by atoms with van der Waals surface area (Å²) in [6, 6.07) is 4.38. The fraction of sp³-hybridized carbons (Fsp3) is 0.300. The molecule has 0 saturated heterocycles. The van der Waals surface area contributed by atoms with Crippen molar-refractivity contribution in [2.24, 2.45) is 0 Å². The minimum absolute atomic E-state index is 1.15. The maximum Gasteiger partial charge on any atom is 0.0907 e. The Labute approximate surface area is 76.1 Å². The lowest BCUT2D eigenvalue weighted by Crippen LogP contribution is -1.78. The Morgan fingerprint density at radius 1 is 1.17 bits per heavy atom. The Bertz CT molecular complexity index is 429. The third-order valence-electron chi connectivity index (χ3n) is 1.94. The minimum Gasteiger partial charge on any atom is -0.241 e. The van der Waals surface area contributed by atoms with Gasteiger partial charge in [0.1, 0.15) is 0 Å². The third kappa shape index (κ3) is 1.12. The van der Waals surface area contributed by atoms with Crippen LogP contribution < -0.4 is 0 Å². The largest absolute Gasteiger partial charge is 0.241 e. The van der Waals surface area contributed by atoms with E-state index < -0.39 is 0 Å². The highest BCUT2D eigenvalue weighted by Crippen LogP contribution is 2.25. The fourth-order valence-electron chi connectivity index (χ4n) is 1.48. The number of rotatable bonds is 0. The van der Waals surface area contributed by atoms with Crippen LogP contribution in [0.1, 0.15) is 16.1 Å². The molecular formula is C10H11NS. The second-order valence-corrected chi connectivity index (χ2v) is 4.40. The molecule has 1 aromatic carbocycles. The van der Waals surface area contributed by atoms with E-state index in [-0.39, 0.29) is 0 Å². The molecule has 12 heavy (non-hydrogen) atoms. The van der Waals surface area contributed by atoms with Gasteiger partial charge in [0.05, 0.1) is 15.2 Å². The van der Waals surface area contributed by atoms with Crippen molar-refractivity contribution >= 4 is 21.6 Å². The van der Waals surface area contributed by atoms with Gasteiger partial charge in [-0.05, 0) is 38.0 Å². The SMILES string of the molecule is Cc1cc(C)c2nc(C)sc2c1. The van der Waals surface area contributed by atoms with Gasteiger partial charge in [0.15, 0.2) is 0 Å². The Morgan fingerprint density at radius 3 is 2.67 bits per heavy atom. The minimum atomic E-state index is 1.15. The summed E-state index contributed by atoms with van der Waals surface area (Å²) in [5.41, 5.74) is 3.78. The molecule has 0 bridgehead atoms. The monoisotopic (exact) mass is 177 g/mol. The van der Waals surface area contributed by atoms with Crippen LogP contribution in [0.5, 0.6) is 0 Å². The summed E-state index contributed by atoms with van der Waals surface area (Å²) in [6.07, 6.45) is 0. The molecule has 2 aromatic rings. The lowest BCUT2D eigenvalue weighted by atomic mass is 10.1. The van der Waals surface area contributed by atoms with Gasteiger partial charge in [0.25, 0.3) is 0 Å². The van der Waals surface area contributed by atoms with Crippen molar-refractivity contribution in [3.05, 3.63) is 28.3 Å². The Kier molecular flexibility index (Phi) is 1.65. The van der Waals surface area contributed by atoms with Crippen LogP contribution in [0.2, 0.25) is 0 Å². The highest BCUT2D eigenvalue weighted by atomic mass is 32.1. The van der Waals surface area contributed by atoms with Gasteiger partial charge in [-0.3, -0.25) is 0 Å². The fourth-order valence-corrected chi connectivity index (χ4v) is 2.48. The smallest absolute Gasteiger partial charge is 0.0907 e. The first-order chi connectivity index (χ1) is 5.66. The van der Waals surface area contributed by atoms with Crippen LogP contribution in [-0.2, 0) is 0 Å². The number of nitrogens with zero attached hydrogens (tertiary/aromatic N) is 1. The van der Waals surface area contributed by atoms with Crippen molar-refractivity contribution in [2.75, 3.05) is 0 Å². The van der Waals surface area contributed by atoms with Crippen LogP contribution in [0.25, 0.3) is 10.2 Å². The highest BCUT2D eigenvalue weighted by Gasteiger charge is 2.02. The van der Waals surface area contributed by atoms with Gasteiger partial charge in [-0.1, -0.05) is 6.07 Å². The standard InChI is InChI=1S/C10H11NS/c1-6-4-7(2)10-9(5-6)12-8(3)11-10/h4-5H,1-3H3. The second-order valence-electron chi connectivity index (χ2n) is 3.16. The van der Waals surface area contributed by atoms with E-state index in [0.717, 1.165) is 5.01 Å². The molecule has 0 spiro atoms. The van der Waals surface area contributed by atoms with E-state index in [9.17, 15) is 0 Å². The van der Waals surface area contributed by atoms with Gasteiger partial charge in [-0.15, -0.1) is 11.3 Å². The summed E-state index contributed by atoms with van der Waals surface area (Å²) >= 11 is 1.77. The number of thiazole rings is 1. The third-order valence-corrected chi connectivity index (χ3v) is 2.85. The molecule has 62 valence electrons. The zero-order valence-electron chi connectivity index (χ0n) is 7.51. The average molecular weight is 177 g/mol. The number of benzene rings is 1. The van der Waals surface area contributed by atoms with Crippen molar-refractivity contribution in [1.29, 1.82) is 0 Å². The molecule has 1 heterocycles. The Hall–Kier alpha value is -0.890. The van der Waals surface area contributed by atoms with Crippen LogP contribution in [0.4, 0.5) is 0 Å². The van der Waals surface area contributed by atoms with Crippen molar-refractivity contribution in [1.82, 2.24) is 4.98 Å². The second kappa shape index (κ2) is 2.56. The maximum absolute atomic E-state index is 4.47. The summed E-state index contributed by atoms with van der Waals surface area (Å²) in [5, 5.41) is 1.15. The van der Waals surface area contributed by atoms with Gasteiger partial charge >= 0.3 is 0 Å². The number of hydrogen-bond acceptors (Lipinski definition) is 2. The lowest BCUT2D eigenvalue weighted by molar-refractivity contribution is 1.31. The molecule has 0 fully saturated rings. The van der Waals surface area contributed by atoms with E-state index in [2.05, 4.69) is 37.9 Å². The molecule has 0 aliphatic rings. The van der Waals surface area contributed by atoms with Gasteiger partial charge in [0, 0.05) is 0 Å². The predicted octanol–water partition coefficient (Wildman–Crippen LogP) is 3.22. The quantitative estimate of drug-likeness (QED) is 0.602. The van der Waals surface area contributed by atoms with E-state index in [4.69, 9.17) is 0 Å². The van der Waals surface area contributed by atoms with E-state index in [1.165, 1.54) is 21.3 Å². The van der Waals surface area contributed by atoms with Crippen LogP contribution >= 0.6 is 11.3 Å². The molecule has 0 aliphatic heterocycles. The normalized spacial score (nSPS) is 10.9. The Balaban J connectivity index is 2.88. The molecule has 0 saturated carbocycles. The van der Waals surface area contributed by atoms with Crippen LogP contribution in [0.15, 0.2) is 12.1 Å². The highest BCUT2D eigenvalue weighted by molar-refractivity contribution is 7.18. The number of fused-ring (bicyclic) bond motifs is 1. The predicted molar refractivity (Wildman–Crippen MR) is 53.8 cm³/mol. The maximum atomic E-state index is 4.47. The van der Waals surface area contributed by atoms with Crippen molar-refractivity contribution in [2.45, 2.75) is 20.8 Å². The van der Waals surface area contributed by atoms with E-state index in [1.54, 1.807) is 11.3 Å². The molecule has 2 rings (SSSR count). The van der Waals surface area contributed by atoms with Crippen molar-refractivity contribution in [3.63, 3.8) is 0 Å². The summed E-state index contributed by atoms with van der Waals surface area (Å²) in [5.74, 6) is 0. The molecule has 0 aliphatic carbocycles. The molecule has 2 heteroatoms. The van der Waals surface area contributed by atoms with E-state index in [1.807, 2.05) is 0 Å². The zero-order valence-corrected chi connectivity index (χ0v) is 8.33. The molecular weight excluding hydrogens is 166 g/mol. The van der Waals surface area contributed by atoms with Crippen LogP contribution in [0, 0.1) is 20.8 Å². The summed E-state index contributed by atoms with van der Waals surface area (Å²) in [4.78, 5) is 4.47. The van der Waals surface area contributed by atoms with Gasteiger partial charge < -0.3 is 0 Å². The first kappa shape index (κ1) is 7.74. The summed E-state index contributed by atoms with van der Waals surface area (Å²) in [7, 11) is 0. The molecule has 0 N–H and O–H groups in total. The van der Waals surface area contributed by atoms with E-state index >= 15 is 0 Å².